The van der Waals surface area contributed by atoms with Gasteiger partial charge in [-0.15, -0.1) is 0 Å². The van der Waals surface area contributed by atoms with E-state index in [9.17, 15) is 31.4 Å². The minimum absolute atomic E-state index is 0.342. The Hall–Kier alpha value is -1.24. The fraction of sp³-hybridized carbons (Fsp3) is 0.538. The summed E-state index contributed by atoms with van der Waals surface area (Å²) in [7, 11) is 0. The van der Waals surface area contributed by atoms with E-state index in [4.69, 9.17) is 0 Å². The molecule has 7 heteroatoms. The maximum absolute atomic E-state index is 12.5. The lowest BCUT2D eigenvalue weighted by Crippen LogP contribution is -2.40. The smallest absolute Gasteiger partial charge is 0.387 e. The van der Waals surface area contributed by atoms with Crippen LogP contribution in [0.4, 0.5) is 26.3 Å². The van der Waals surface area contributed by atoms with Crippen LogP contribution in [0.15, 0.2) is 18.2 Å². The van der Waals surface area contributed by atoms with Crippen molar-refractivity contribution in [3.8, 4) is 0 Å². The lowest BCUT2D eigenvalue weighted by molar-refractivity contribution is -0.307. The predicted octanol–water partition coefficient (Wildman–Crippen LogP) is 3.95. The maximum atomic E-state index is 12.5. The van der Waals surface area contributed by atoms with Crippen LogP contribution in [0.2, 0.25) is 0 Å². The first-order valence-corrected chi connectivity index (χ1v) is 6.04. The van der Waals surface area contributed by atoms with Crippen molar-refractivity contribution in [3.05, 3.63) is 34.9 Å². The molecule has 1 aromatic rings. The second kappa shape index (κ2) is 4.95. The molecule has 0 spiro atoms. The molecule has 0 aliphatic heterocycles. The van der Waals surface area contributed by atoms with E-state index in [2.05, 4.69) is 0 Å². The second-order valence-corrected chi connectivity index (χ2v) is 4.89. The first kappa shape index (κ1) is 15.2. The summed E-state index contributed by atoms with van der Waals surface area (Å²) in [5.74, 6) is -3.77. The number of fused-ring (bicyclic) bond motifs is 1. The molecular formula is C13H12F6O. The molecule has 0 bridgehead atoms. The Morgan fingerprint density at radius 2 is 1.45 bits per heavy atom. The summed E-state index contributed by atoms with van der Waals surface area (Å²) in [6, 6.07) is 3.88. The van der Waals surface area contributed by atoms with Gasteiger partial charge in [0.25, 0.3) is 0 Å². The van der Waals surface area contributed by atoms with E-state index in [0.717, 1.165) is 24.5 Å². The largest absolute Gasteiger partial charge is 0.403 e. The van der Waals surface area contributed by atoms with Crippen molar-refractivity contribution < 1.29 is 31.4 Å². The molecule has 0 fully saturated rings. The van der Waals surface area contributed by atoms with Gasteiger partial charge in [0.2, 0.25) is 0 Å². The van der Waals surface area contributed by atoms with Gasteiger partial charge < -0.3 is 5.11 Å². The lowest BCUT2D eigenvalue weighted by atomic mass is 9.92. The highest BCUT2D eigenvalue weighted by Gasteiger charge is 2.60. The van der Waals surface area contributed by atoms with Crippen molar-refractivity contribution in [1.82, 2.24) is 0 Å². The first-order chi connectivity index (χ1) is 9.10. The highest BCUT2D eigenvalue weighted by atomic mass is 19.4. The summed E-state index contributed by atoms with van der Waals surface area (Å²) in [4.78, 5) is 0. The van der Waals surface area contributed by atoms with Crippen LogP contribution in [0.25, 0.3) is 0 Å². The van der Waals surface area contributed by atoms with Crippen LogP contribution in [0.1, 0.15) is 29.2 Å². The molecule has 0 aromatic heterocycles. The minimum atomic E-state index is -5.54. The Morgan fingerprint density at radius 1 is 0.900 bits per heavy atom. The van der Waals surface area contributed by atoms with Crippen LogP contribution in [-0.4, -0.2) is 17.5 Å². The van der Waals surface area contributed by atoms with Gasteiger partial charge in [0, 0.05) is 0 Å². The van der Waals surface area contributed by atoms with Gasteiger partial charge in [0.1, 0.15) is 0 Å². The summed E-state index contributed by atoms with van der Waals surface area (Å²) < 4.78 is 75.3. The van der Waals surface area contributed by atoms with E-state index in [1.165, 1.54) is 12.1 Å². The van der Waals surface area contributed by atoms with Gasteiger partial charge in [-0.1, -0.05) is 18.2 Å². The number of alkyl halides is 6. The normalized spacial score (nSPS) is 17.4. The molecule has 1 aliphatic carbocycles. The van der Waals surface area contributed by atoms with E-state index in [-0.39, 0.29) is 5.56 Å². The summed E-state index contributed by atoms with van der Waals surface area (Å²) in [5, 5.41) is 9.54. The van der Waals surface area contributed by atoms with Crippen molar-refractivity contribution >= 4 is 0 Å². The Balaban J connectivity index is 2.35. The number of hydrogen-bond acceptors (Lipinski definition) is 1. The zero-order chi connectivity index (χ0) is 15.1. The SMILES string of the molecule is OC(c1ccc2c(c1)CCC2)C(C(F)(F)F)C(F)(F)F. The average Bonchev–Trinajstić information content (AvgIpc) is 2.71. The zero-order valence-electron chi connectivity index (χ0n) is 10.2. The fourth-order valence-corrected chi connectivity index (χ4v) is 2.51. The Labute approximate surface area is 111 Å². The number of benzene rings is 1. The predicted molar refractivity (Wildman–Crippen MR) is 59.0 cm³/mol. The van der Waals surface area contributed by atoms with E-state index < -0.39 is 24.4 Å². The second-order valence-electron chi connectivity index (χ2n) is 4.89. The van der Waals surface area contributed by atoms with Crippen molar-refractivity contribution in [3.63, 3.8) is 0 Å². The number of aliphatic hydroxyl groups is 1. The average molecular weight is 298 g/mol. The molecule has 1 atom stereocenters. The van der Waals surface area contributed by atoms with Gasteiger partial charge >= 0.3 is 12.4 Å². The minimum Gasteiger partial charge on any atom is -0.387 e. The third-order valence-electron chi connectivity index (χ3n) is 3.49. The molecule has 20 heavy (non-hydrogen) atoms. The highest BCUT2D eigenvalue weighted by Crippen LogP contribution is 2.46. The highest BCUT2D eigenvalue weighted by molar-refractivity contribution is 5.36. The Bertz CT molecular complexity index is 477. The zero-order valence-corrected chi connectivity index (χ0v) is 10.2. The van der Waals surface area contributed by atoms with Crippen LogP contribution in [0.3, 0.4) is 0 Å². The van der Waals surface area contributed by atoms with Crippen LogP contribution in [0.5, 0.6) is 0 Å². The van der Waals surface area contributed by atoms with Crippen LogP contribution in [0, 0.1) is 5.92 Å². The van der Waals surface area contributed by atoms with Crippen molar-refractivity contribution in [2.24, 2.45) is 5.92 Å². The van der Waals surface area contributed by atoms with Gasteiger partial charge in [0.15, 0.2) is 5.92 Å². The number of hydrogen-bond donors (Lipinski definition) is 1. The van der Waals surface area contributed by atoms with Crippen LogP contribution >= 0.6 is 0 Å². The summed E-state index contributed by atoms with van der Waals surface area (Å²) >= 11 is 0. The molecule has 1 N–H and O–H groups in total. The topological polar surface area (TPSA) is 20.2 Å². The van der Waals surface area contributed by atoms with Gasteiger partial charge in [-0.2, -0.15) is 26.3 Å². The molecular weight excluding hydrogens is 286 g/mol. The standard InChI is InChI=1S/C13H12F6O/c14-12(15,16)11(13(17,18)19)10(20)9-5-4-7-2-1-3-8(7)6-9/h4-6,10-11,20H,1-3H2. The van der Waals surface area contributed by atoms with Gasteiger partial charge in [-0.3, -0.25) is 0 Å². The summed E-state index contributed by atoms with van der Waals surface area (Å²) in [6.07, 6.45) is -11.5. The molecule has 1 unspecified atom stereocenters. The molecule has 1 aliphatic rings. The van der Waals surface area contributed by atoms with Gasteiger partial charge in [-0.25, -0.2) is 0 Å². The first-order valence-electron chi connectivity index (χ1n) is 6.04. The molecule has 0 saturated carbocycles. The van der Waals surface area contributed by atoms with E-state index in [1.54, 1.807) is 0 Å². The molecule has 0 heterocycles. The van der Waals surface area contributed by atoms with Gasteiger partial charge in [0.05, 0.1) is 6.10 Å². The third-order valence-corrected chi connectivity index (χ3v) is 3.49. The number of aryl methyl sites for hydroxylation is 2. The molecule has 1 nitrogen and oxygen atoms in total. The molecule has 2 rings (SSSR count). The van der Waals surface area contributed by atoms with Crippen molar-refractivity contribution in [1.29, 1.82) is 0 Å². The number of rotatable bonds is 2. The molecule has 0 amide bonds. The molecule has 0 radical (unpaired) electrons. The number of aliphatic hydroxyl groups excluding tert-OH is 1. The summed E-state index contributed by atoms with van der Waals surface area (Å²) in [5.41, 5.74) is 1.28. The monoisotopic (exact) mass is 298 g/mol. The molecule has 112 valence electrons. The Kier molecular flexibility index (Phi) is 3.75. The van der Waals surface area contributed by atoms with E-state index in [0.29, 0.717) is 12.0 Å². The molecule has 0 saturated heterocycles. The van der Waals surface area contributed by atoms with Crippen LogP contribution in [-0.2, 0) is 12.8 Å². The van der Waals surface area contributed by atoms with E-state index in [1.807, 2.05) is 0 Å². The van der Waals surface area contributed by atoms with E-state index >= 15 is 0 Å². The summed E-state index contributed by atoms with van der Waals surface area (Å²) in [6.45, 7) is 0. The number of halogens is 6. The van der Waals surface area contributed by atoms with Crippen molar-refractivity contribution in [2.45, 2.75) is 37.7 Å². The Morgan fingerprint density at radius 3 is 2.00 bits per heavy atom. The van der Waals surface area contributed by atoms with Gasteiger partial charge in [-0.05, 0) is 36.0 Å². The quantitative estimate of drug-likeness (QED) is 0.820. The van der Waals surface area contributed by atoms with Crippen LogP contribution < -0.4 is 0 Å². The molecule has 1 aromatic carbocycles. The lowest BCUT2D eigenvalue weighted by Gasteiger charge is -2.27. The maximum Gasteiger partial charge on any atom is 0.403 e. The third kappa shape index (κ3) is 2.92. The fourth-order valence-electron chi connectivity index (χ4n) is 2.51. The van der Waals surface area contributed by atoms with Crippen molar-refractivity contribution in [2.75, 3.05) is 0 Å².